The zero-order valence-electron chi connectivity index (χ0n) is 41.7. The maximum absolute atomic E-state index is 12.6. The Bertz CT molecular complexity index is 1250. The van der Waals surface area contributed by atoms with Gasteiger partial charge >= 0.3 is 15.6 Å². The molecule has 0 spiro atoms. The average molecular weight is 1090 g/mol. The van der Waals surface area contributed by atoms with Crippen molar-refractivity contribution in [3.8, 4) is 0 Å². The maximum atomic E-state index is 12.6. The Hall–Kier alpha value is -1.34. The van der Waals surface area contributed by atoms with Crippen LogP contribution in [0.5, 0.6) is 0 Å². The molecular formula is C48H88O17P2Zr. The third-order valence-corrected chi connectivity index (χ3v) is 12.7. The van der Waals surface area contributed by atoms with Crippen LogP contribution in [0.3, 0.4) is 0 Å². The molecule has 0 aromatic rings. The molecule has 0 saturated carbocycles. The summed E-state index contributed by atoms with van der Waals surface area (Å²) in [7, 11) is -10.0. The minimum Gasteiger partial charge on any atom is -0.396 e. The Morgan fingerprint density at radius 1 is 0.368 bits per heavy atom. The number of ether oxygens (including phenoxy) is 8. The largest absolute Gasteiger partial charge is 0.481 e. The predicted molar refractivity (Wildman–Crippen MR) is 266 cm³/mol. The molecule has 0 radical (unpaired) electrons. The van der Waals surface area contributed by atoms with Gasteiger partial charge < -0.3 is 57.9 Å². The molecule has 0 aromatic heterocycles. The van der Waals surface area contributed by atoms with E-state index in [-0.39, 0.29) is 116 Å². The van der Waals surface area contributed by atoms with Gasteiger partial charge in [-0.25, -0.2) is 9.13 Å². The van der Waals surface area contributed by atoms with Crippen molar-refractivity contribution in [2.75, 3.05) is 132 Å². The number of hydrogen-bond donors (Lipinski definition) is 4. The molecule has 17 nitrogen and oxygen atoms in total. The normalized spacial score (nSPS) is 13.4. The molecule has 0 aromatic carbocycles. The summed E-state index contributed by atoms with van der Waals surface area (Å²) in [5, 5.41) is 18.7. The summed E-state index contributed by atoms with van der Waals surface area (Å²) in [5.41, 5.74) is -2.27. The van der Waals surface area contributed by atoms with Crippen molar-refractivity contribution in [2.45, 2.75) is 53.4 Å². The van der Waals surface area contributed by atoms with Crippen LogP contribution in [0, 0.1) is 21.7 Å². The number of phosphoric ester groups is 2. The number of aliphatic hydroxyl groups is 2. The maximum Gasteiger partial charge on any atom is 0.481 e. The van der Waals surface area contributed by atoms with Gasteiger partial charge in [-0.05, 0) is 25.7 Å². The van der Waals surface area contributed by atoms with Gasteiger partial charge in [-0.2, -0.15) is 4.31 Å². The molecule has 0 rings (SSSR count). The third kappa shape index (κ3) is 36.6. The van der Waals surface area contributed by atoms with Gasteiger partial charge in [0, 0.05) is 47.9 Å². The van der Waals surface area contributed by atoms with Crippen molar-refractivity contribution in [2.24, 2.45) is 21.7 Å². The second-order valence-electron chi connectivity index (χ2n) is 15.7. The van der Waals surface area contributed by atoms with Crippen LogP contribution >= 0.6 is 15.6 Å². The van der Waals surface area contributed by atoms with Gasteiger partial charge in [0.2, 0.25) is 0 Å². The molecule has 2 unspecified atom stereocenters. The standard InChI is InChI=1S/C24H44O11P2.2C12H22O3.Zr/c1-7-13-29-17-23(11-5,18-30-14-8-2)21-33-36(25,26)35-37(27,28)34-22-24(12-6,19-31-15-9-3)20-32-16-10-4;2*1-4-7-14-10-12(6-3,9-13)11-15-8-5-2;/h7-10H,1-4,11-22H2,5-6H3,(H,25,26)(H,27,28);2*4-5,13H,1-2,6-11H2,3H3;. The third-order valence-electron chi connectivity index (χ3n) is 10.1. The summed E-state index contributed by atoms with van der Waals surface area (Å²) in [4.78, 5) is 20.4. The van der Waals surface area contributed by atoms with Crippen molar-refractivity contribution in [1.29, 1.82) is 0 Å². The van der Waals surface area contributed by atoms with Crippen LogP contribution in [0.2, 0.25) is 0 Å². The van der Waals surface area contributed by atoms with E-state index in [1.165, 1.54) is 0 Å². The summed E-state index contributed by atoms with van der Waals surface area (Å²) < 4.78 is 83.5. The molecule has 20 heteroatoms. The SMILES string of the molecule is C=CCOCC(CC)(CO)COCC=C.C=CCOCC(CC)(CO)COCC=C.C=CCOCC(CC)(COCC=C)COP(=O)(O)OP(=O)(O)OCC(CC)(COCC=C)COCC=C.[Zr]. The van der Waals surface area contributed by atoms with E-state index in [2.05, 4.69) is 56.9 Å². The minimum atomic E-state index is -5.02. The Kier molecular flexibility index (Phi) is 49.0. The van der Waals surface area contributed by atoms with Crippen molar-refractivity contribution in [3.63, 3.8) is 0 Å². The molecule has 396 valence electrons. The number of phosphoric acid groups is 2. The predicted octanol–water partition coefficient (Wildman–Crippen LogP) is 8.40. The average Bonchev–Trinajstić information content (AvgIpc) is 3.32. The molecule has 0 aliphatic heterocycles. The zero-order chi connectivity index (χ0) is 51.4. The van der Waals surface area contributed by atoms with Crippen molar-refractivity contribution in [1.82, 2.24) is 0 Å². The minimum absolute atomic E-state index is 0. The van der Waals surface area contributed by atoms with Crippen LogP contribution in [-0.2, 0) is 86.6 Å². The molecule has 0 fully saturated rings. The molecule has 4 N–H and O–H groups in total. The van der Waals surface area contributed by atoms with Gasteiger partial charge in [0.1, 0.15) is 0 Å². The molecule has 0 saturated heterocycles. The van der Waals surface area contributed by atoms with Crippen molar-refractivity contribution in [3.05, 3.63) is 101 Å². The zero-order valence-corrected chi connectivity index (χ0v) is 46.0. The van der Waals surface area contributed by atoms with Crippen LogP contribution in [0.25, 0.3) is 0 Å². The van der Waals surface area contributed by atoms with Crippen LogP contribution < -0.4 is 0 Å². The summed E-state index contributed by atoms with van der Waals surface area (Å²) in [6.07, 6.45) is 15.6. The first-order chi connectivity index (χ1) is 32.0. The fourth-order valence-corrected chi connectivity index (χ4v) is 7.54. The summed E-state index contributed by atoms with van der Waals surface area (Å²) in [6, 6.07) is 0. The molecular weight excluding hydrogens is 1000 g/mol. The first kappa shape index (κ1) is 73.2. The Morgan fingerprint density at radius 3 is 0.691 bits per heavy atom. The summed E-state index contributed by atoms with van der Waals surface area (Å²) in [6.45, 7) is 41.2. The first-order valence-corrected chi connectivity index (χ1v) is 25.3. The number of hydrogen-bond acceptors (Lipinski definition) is 15. The van der Waals surface area contributed by atoms with Gasteiger partial charge in [0.25, 0.3) is 0 Å². The summed E-state index contributed by atoms with van der Waals surface area (Å²) in [5.74, 6) is 0. The fraction of sp³-hybridized carbons (Fsp3) is 0.667. The van der Waals surface area contributed by atoms with Crippen LogP contribution in [0.15, 0.2) is 101 Å². The van der Waals surface area contributed by atoms with E-state index in [1.54, 1.807) is 48.6 Å². The number of rotatable bonds is 46. The van der Waals surface area contributed by atoms with Gasteiger partial charge in [-0.3, -0.25) is 9.05 Å². The van der Waals surface area contributed by atoms with Gasteiger partial charge in [-0.15, -0.1) is 52.6 Å². The molecule has 0 aliphatic carbocycles. The molecule has 0 amide bonds. The summed E-state index contributed by atoms with van der Waals surface area (Å²) >= 11 is 0. The van der Waals surface area contributed by atoms with Crippen LogP contribution in [0.1, 0.15) is 53.4 Å². The smallest absolute Gasteiger partial charge is 0.396 e. The molecule has 68 heavy (non-hydrogen) atoms. The van der Waals surface area contributed by atoms with Crippen molar-refractivity contribution >= 4 is 15.6 Å². The Morgan fingerprint density at radius 2 is 0.544 bits per heavy atom. The van der Waals surface area contributed by atoms with E-state index < -0.39 is 26.5 Å². The fourth-order valence-electron chi connectivity index (χ4n) is 5.24. The van der Waals surface area contributed by atoms with E-state index in [0.29, 0.717) is 65.7 Å². The quantitative estimate of drug-likeness (QED) is 0.0256. The molecule has 0 aliphatic rings. The van der Waals surface area contributed by atoms with E-state index in [1.807, 2.05) is 27.7 Å². The Labute approximate surface area is 428 Å². The van der Waals surface area contributed by atoms with E-state index in [9.17, 15) is 29.1 Å². The topological polar surface area (TPSA) is 217 Å². The Balaban J connectivity index is -0.000000541. The van der Waals surface area contributed by atoms with E-state index >= 15 is 0 Å². The second kappa shape index (κ2) is 45.5. The molecule has 0 bridgehead atoms. The van der Waals surface area contributed by atoms with Gasteiger partial charge in [-0.1, -0.05) is 76.3 Å². The second-order valence-corrected chi connectivity index (χ2v) is 18.8. The molecule has 2 atom stereocenters. The van der Waals surface area contributed by atoms with Crippen LogP contribution in [-0.4, -0.2) is 152 Å². The van der Waals surface area contributed by atoms with Crippen molar-refractivity contribution < 1.29 is 107 Å². The number of aliphatic hydroxyl groups excluding tert-OH is 2. The van der Waals surface area contributed by atoms with E-state index in [0.717, 1.165) is 12.8 Å². The molecule has 0 heterocycles. The van der Waals surface area contributed by atoms with E-state index in [4.69, 9.17) is 46.9 Å². The monoisotopic (exact) mass is 1090 g/mol. The van der Waals surface area contributed by atoms with Gasteiger partial charge in [0.05, 0.1) is 132 Å². The van der Waals surface area contributed by atoms with Gasteiger partial charge in [0.15, 0.2) is 0 Å². The van der Waals surface area contributed by atoms with Crippen LogP contribution in [0.4, 0.5) is 0 Å². The first-order valence-electron chi connectivity index (χ1n) is 22.3.